The van der Waals surface area contributed by atoms with Crippen LogP contribution in [-0.4, -0.2) is 29.0 Å². The summed E-state index contributed by atoms with van der Waals surface area (Å²) in [6.45, 7) is 0. The first-order chi connectivity index (χ1) is 8.04. The molecule has 1 rings (SSSR count). The molecule has 0 saturated carbocycles. The SMILES string of the molecule is CSCCC(=O)Nc1cc(C(=O)O)ccc1F. The lowest BCUT2D eigenvalue weighted by Gasteiger charge is -2.06. The third-order valence-corrected chi connectivity index (χ3v) is 2.63. The number of benzene rings is 1. The number of aromatic carboxylic acids is 1. The maximum absolute atomic E-state index is 13.3. The Bertz CT molecular complexity index is 437. The molecule has 0 unspecified atom stereocenters. The van der Waals surface area contributed by atoms with E-state index in [4.69, 9.17) is 5.11 Å². The van der Waals surface area contributed by atoms with Gasteiger partial charge in [0.15, 0.2) is 0 Å². The van der Waals surface area contributed by atoms with E-state index >= 15 is 0 Å². The summed E-state index contributed by atoms with van der Waals surface area (Å²) in [6, 6.07) is 3.28. The number of nitrogens with one attached hydrogen (secondary N) is 1. The summed E-state index contributed by atoms with van der Waals surface area (Å²) in [7, 11) is 0. The van der Waals surface area contributed by atoms with Crippen molar-refractivity contribution in [1.82, 2.24) is 0 Å². The van der Waals surface area contributed by atoms with Crippen LogP contribution in [0.1, 0.15) is 16.8 Å². The Morgan fingerprint density at radius 1 is 1.47 bits per heavy atom. The van der Waals surface area contributed by atoms with Crippen LogP contribution in [0.5, 0.6) is 0 Å². The van der Waals surface area contributed by atoms with Gasteiger partial charge in [-0.05, 0) is 24.5 Å². The lowest BCUT2D eigenvalue weighted by atomic mass is 10.2. The highest BCUT2D eigenvalue weighted by molar-refractivity contribution is 7.98. The zero-order valence-corrected chi connectivity index (χ0v) is 10.0. The van der Waals surface area contributed by atoms with Gasteiger partial charge in [-0.1, -0.05) is 0 Å². The standard InChI is InChI=1S/C11H12FNO3S/c1-17-5-4-10(14)13-9-6-7(11(15)16)2-3-8(9)12/h2-3,6H,4-5H2,1H3,(H,13,14)(H,15,16). The Morgan fingerprint density at radius 3 is 2.76 bits per heavy atom. The van der Waals surface area contributed by atoms with E-state index in [9.17, 15) is 14.0 Å². The maximum atomic E-state index is 13.3. The van der Waals surface area contributed by atoms with Crippen molar-refractivity contribution in [3.8, 4) is 0 Å². The van der Waals surface area contributed by atoms with Crippen LogP contribution in [0.2, 0.25) is 0 Å². The monoisotopic (exact) mass is 257 g/mol. The van der Waals surface area contributed by atoms with E-state index in [1.165, 1.54) is 11.8 Å². The quantitative estimate of drug-likeness (QED) is 0.848. The first-order valence-electron chi connectivity index (χ1n) is 4.86. The molecule has 1 aromatic rings. The minimum atomic E-state index is -1.16. The summed E-state index contributed by atoms with van der Waals surface area (Å²) in [6.07, 6.45) is 2.12. The van der Waals surface area contributed by atoms with Gasteiger partial charge in [0.2, 0.25) is 5.91 Å². The number of rotatable bonds is 5. The number of anilines is 1. The second kappa shape index (κ2) is 6.24. The van der Waals surface area contributed by atoms with E-state index in [-0.39, 0.29) is 23.6 Å². The molecule has 0 spiro atoms. The van der Waals surface area contributed by atoms with Crippen molar-refractivity contribution in [2.45, 2.75) is 6.42 Å². The largest absolute Gasteiger partial charge is 0.478 e. The highest BCUT2D eigenvalue weighted by atomic mass is 32.2. The molecular formula is C11H12FNO3S. The highest BCUT2D eigenvalue weighted by Crippen LogP contribution is 2.16. The number of thioether (sulfide) groups is 1. The second-order valence-electron chi connectivity index (χ2n) is 3.29. The van der Waals surface area contributed by atoms with E-state index in [1.807, 2.05) is 6.26 Å². The van der Waals surface area contributed by atoms with E-state index < -0.39 is 11.8 Å². The number of carbonyl (C=O) groups is 2. The fourth-order valence-electron chi connectivity index (χ4n) is 1.16. The number of halogens is 1. The van der Waals surface area contributed by atoms with Crippen molar-refractivity contribution in [2.24, 2.45) is 0 Å². The van der Waals surface area contributed by atoms with Gasteiger partial charge < -0.3 is 10.4 Å². The summed E-state index contributed by atoms with van der Waals surface area (Å²) in [5.74, 6) is -1.51. The van der Waals surface area contributed by atoms with Crippen molar-refractivity contribution in [3.63, 3.8) is 0 Å². The molecule has 0 aliphatic rings. The van der Waals surface area contributed by atoms with Crippen LogP contribution in [0.4, 0.5) is 10.1 Å². The van der Waals surface area contributed by atoms with Crippen molar-refractivity contribution < 1.29 is 19.1 Å². The molecule has 17 heavy (non-hydrogen) atoms. The molecule has 6 heteroatoms. The molecule has 0 bridgehead atoms. The average Bonchev–Trinajstić information content (AvgIpc) is 2.29. The van der Waals surface area contributed by atoms with Crippen molar-refractivity contribution in [1.29, 1.82) is 0 Å². The lowest BCUT2D eigenvalue weighted by molar-refractivity contribution is -0.115. The third-order valence-electron chi connectivity index (χ3n) is 2.02. The van der Waals surface area contributed by atoms with Crippen LogP contribution in [0, 0.1) is 5.82 Å². The summed E-state index contributed by atoms with van der Waals surface area (Å²) in [4.78, 5) is 22.0. The molecule has 0 aliphatic carbocycles. The number of carbonyl (C=O) groups excluding carboxylic acids is 1. The maximum Gasteiger partial charge on any atom is 0.335 e. The zero-order chi connectivity index (χ0) is 12.8. The number of hydrogen-bond donors (Lipinski definition) is 2. The molecule has 0 fully saturated rings. The first-order valence-corrected chi connectivity index (χ1v) is 6.25. The Morgan fingerprint density at radius 2 is 2.18 bits per heavy atom. The molecule has 0 saturated heterocycles. The summed E-state index contributed by atoms with van der Waals surface area (Å²) < 4.78 is 13.3. The van der Waals surface area contributed by atoms with E-state index in [0.29, 0.717) is 5.75 Å². The molecule has 92 valence electrons. The lowest BCUT2D eigenvalue weighted by Crippen LogP contribution is -2.14. The Labute approximate surface area is 102 Å². The highest BCUT2D eigenvalue weighted by Gasteiger charge is 2.10. The normalized spacial score (nSPS) is 10.0. The minimum Gasteiger partial charge on any atom is -0.478 e. The van der Waals surface area contributed by atoms with Crippen LogP contribution in [0.3, 0.4) is 0 Å². The molecule has 0 heterocycles. The van der Waals surface area contributed by atoms with Gasteiger partial charge in [-0.2, -0.15) is 11.8 Å². The van der Waals surface area contributed by atoms with Gasteiger partial charge in [0.25, 0.3) is 0 Å². The molecule has 1 aromatic carbocycles. The van der Waals surface area contributed by atoms with Gasteiger partial charge in [-0.25, -0.2) is 9.18 Å². The van der Waals surface area contributed by atoms with Crippen LogP contribution in [0.25, 0.3) is 0 Å². The van der Waals surface area contributed by atoms with E-state index in [0.717, 1.165) is 18.2 Å². The van der Waals surface area contributed by atoms with Gasteiger partial charge in [0.1, 0.15) is 5.82 Å². The molecule has 0 atom stereocenters. The van der Waals surface area contributed by atoms with Gasteiger partial charge in [-0.15, -0.1) is 0 Å². The smallest absolute Gasteiger partial charge is 0.335 e. The van der Waals surface area contributed by atoms with Crippen molar-refractivity contribution in [3.05, 3.63) is 29.6 Å². The topological polar surface area (TPSA) is 66.4 Å². The number of hydrogen-bond acceptors (Lipinski definition) is 3. The summed E-state index contributed by atoms with van der Waals surface area (Å²) >= 11 is 1.50. The Balaban J connectivity index is 2.79. The number of amides is 1. The molecule has 0 radical (unpaired) electrons. The molecule has 0 aliphatic heterocycles. The number of carboxylic acids is 1. The first kappa shape index (κ1) is 13.5. The average molecular weight is 257 g/mol. The predicted octanol–water partition coefficient (Wildman–Crippen LogP) is 2.22. The minimum absolute atomic E-state index is 0.0634. The number of carboxylic acid groups (broad SMARTS) is 1. The second-order valence-corrected chi connectivity index (χ2v) is 4.28. The van der Waals surface area contributed by atoms with Gasteiger partial charge >= 0.3 is 5.97 Å². The molecule has 1 amide bonds. The van der Waals surface area contributed by atoms with Gasteiger partial charge in [0.05, 0.1) is 11.3 Å². The van der Waals surface area contributed by atoms with Crippen molar-refractivity contribution in [2.75, 3.05) is 17.3 Å². The fourth-order valence-corrected chi connectivity index (χ4v) is 1.55. The molecule has 4 nitrogen and oxygen atoms in total. The predicted molar refractivity (Wildman–Crippen MR) is 65.0 cm³/mol. The zero-order valence-electron chi connectivity index (χ0n) is 9.20. The van der Waals surface area contributed by atoms with Gasteiger partial charge in [-0.3, -0.25) is 4.79 Å². The van der Waals surface area contributed by atoms with Crippen LogP contribution in [0.15, 0.2) is 18.2 Å². The summed E-state index contributed by atoms with van der Waals surface area (Å²) in [5, 5.41) is 11.1. The van der Waals surface area contributed by atoms with Crippen LogP contribution in [-0.2, 0) is 4.79 Å². The van der Waals surface area contributed by atoms with E-state index in [1.54, 1.807) is 0 Å². The van der Waals surface area contributed by atoms with Crippen molar-refractivity contribution >= 4 is 29.3 Å². The molecule has 2 N–H and O–H groups in total. The molecule has 0 aromatic heterocycles. The fraction of sp³-hybridized carbons (Fsp3) is 0.273. The molecular weight excluding hydrogens is 245 g/mol. The van der Waals surface area contributed by atoms with Gasteiger partial charge in [0, 0.05) is 12.2 Å². The van der Waals surface area contributed by atoms with Crippen LogP contribution >= 0.6 is 11.8 Å². The Kier molecular flexibility index (Phi) is 4.96. The third kappa shape index (κ3) is 4.07. The van der Waals surface area contributed by atoms with Crippen LogP contribution < -0.4 is 5.32 Å². The summed E-state index contributed by atoms with van der Waals surface area (Å²) in [5.41, 5.74) is -0.164. The Hall–Kier alpha value is -1.56. The van der Waals surface area contributed by atoms with E-state index in [2.05, 4.69) is 5.32 Å².